The van der Waals surface area contributed by atoms with Crippen LogP contribution >= 0.6 is 11.8 Å². The summed E-state index contributed by atoms with van der Waals surface area (Å²) in [6, 6.07) is 0.454. The van der Waals surface area contributed by atoms with Crippen molar-refractivity contribution in [2.24, 2.45) is 5.73 Å². The molecule has 4 heteroatoms. The Morgan fingerprint density at radius 1 is 1.57 bits per heavy atom. The van der Waals surface area contributed by atoms with Crippen LogP contribution in [-0.4, -0.2) is 55.3 Å². The van der Waals surface area contributed by atoms with E-state index in [1.165, 1.54) is 24.5 Å². The zero-order valence-electron chi connectivity index (χ0n) is 9.08. The Morgan fingerprint density at radius 3 is 3.14 bits per heavy atom. The van der Waals surface area contributed by atoms with Gasteiger partial charge in [-0.2, -0.15) is 11.8 Å². The van der Waals surface area contributed by atoms with Crippen LogP contribution < -0.4 is 5.73 Å². The van der Waals surface area contributed by atoms with Crippen LogP contribution in [0.5, 0.6) is 0 Å². The predicted octanol–water partition coefficient (Wildman–Crippen LogP) is 0.789. The molecule has 1 aliphatic heterocycles. The summed E-state index contributed by atoms with van der Waals surface area (Å²) < 4.78 is 5.40. The van der Waals surface area contributed by atoms with Crippen molar-refractivity contribution in [1.82, 2.24) is 4.90 Å². The van der Waals surface area contributed by atoms with Crippen molar-refractivity contribution in [3.8, 4) is 0 Å². The van der Waals surface area contributed by atoms with Crippen LogP contribution in [0, 0.1) is 0 Å². The zero-order chi connectivity index (χ0) is 10.2. The second kappa shape index (κ2) is 7.51. The van der Waals surface area contributed by atoms with E-state index in [1.54, 1.807) is 0 Å². The van der Waals surface area contributed by atoms with Crippen LogP contribution in [0.3, 0.4) is 0 Å². The molecule has 1 saturated heterocycles. The van der Waals surface area contributed by atoms with E-state index >= 15 is 0 Å². The van der Waals surface area contributed by atoms with Crippen molar-refractivity contribution in [1.29, 1.82) is 0 Å². The van der Waals surface area contributed by atoms with Crippen molar-refractivity contribution in [2.45, 2.75) is 19.4 Å². The van der Waals surface area contributed by atoms with Gasteiger partial charge in [0.2, 0.25) is 0 Å². The fraction of sp³-hybridized carbons (Fsp3) is 1.00. The summed E-state index contributed by atoms with van der Waals surface area (Å²) in [5, 5.41) is 0. The minimum Gasteiger partial charge on any atom is -0.378 e. The SMILES string of the molecule is CCSCCCN1CCOCC1CN. The molecule has 1 atom stereocenters. The first-order valence-corrected chi connectivity index (χ1v) is 6.63. The highest BCUT2D eigenvalue weighted by atomic mass is 32.2. The highest BCUT2D eigenvalue weighted by molar-refractivity contribution is 7.99. The van der Waals surface area contributed by atoms with Gasteiger partial charge in [-0.25, -0.2) is 0 Å². The fourth-order valence-corrected chi connectivity index (χ4v) is 2.34. The smallest absolute Gasteiger partial charge is 0.0634 e. The van der Waals surface area contributed by atoms with E-state index < -0.39 is 0 Å². The number of rotatable bonds is 6. The average Bonchev–Trinajstić information content (AvgIpc) is 2.25. The molecule has 1 aliphatic rings. The number of hydrogen-bond donors (Lipinski definition) is 1. The van der Waals surface area contributed by atoms with E-state index in [2.05, 4.69) is 11.8 Å². The third-order valence-corrected chi connectivity index (χ3v) is 3.55. The minimum atomic E-state index is 0.454. The molecule has 1 rings (SSSR count). The first kappa shape index (κ1) is 12.3. The number of thioether (sulfide) groups is 1. The molecule has 0 spiro atoms. The lowest BCUT2D eigenvalue weighted by molar-refractivity contribution is -0.00351. The molecule has 0 aliphatic carbocycles. The van der Waals surface area contributed by atoms with Crippen molar-refractivity contribution in [2.75, 3.05) is 44.4 Å². The summed E-state index contributed by atoms with van der Waals surface area (Å²) in [6.45, 7) is 6.86. The summed E-state index contributed by atoms with van der Waals surface area (Å²) in [5.74, 6) is 2.49. The van der Waals surface area contributed by atoms with Gasteiger partial charge in [0.25, 0.3) is 0 Å². The molecule has 0 amide bonds. The van der Waals surface area contributed by atoms with E-state index in [4.69, 9.17) is 10.5 Å². The van der Waals surface area contributed by atoms with E-state index in [-0.39, 0.29) is 0 Å². The van der Waals surface area contributed by atoms with Crippen LogP contribution in [-0.2, 0) is 4.74 Å². The molecule has 0 bridgehead atoms. The summed E-state index contributed by atoms with van der Waals surface area (Å²) in [5.41, 5.74) is 5.70. The zero-order valence-corrected chi connectivity index (χ0v) is 9.89. The van der Waals surface area contributed by atoms with Gasteiger partial charge in [-0.15, -0.1) is 0 Å². The molecule has 3 nitrogen and oxygen atoms in total. The second-order valence-corrected chi connectivity index (χ2v) is 4.94. The summed E-state index contributed by atoms with van der Waals surface area (Å²) in [6.07, 6.45) is 1.27. The van der Waals surface area contributed by atoms with Crippen molar-refractivity contribution < 1.29 is 4.74 Å². The largest absolute Gasteiger partial charge is 0.378 e. The number of nitrogens with zero attached hydrogens (tertiary/aromatic N) is 1. The summed E-state index contributed by atoms with van der Waals surface area (Å²) in [7, 11) is 0. The van der Waals surface area contributed by atoms with Crippen molar-refractivity contribution in [3.05, 3.63) is 0 Å². The standard InChI is InChI=1S/C10H22N2OS/c1-2-14-7-3-4-12-5-6-13-9-10(12)8-11/h10H,2-9,11H2,1H3. The van der Waals surface area contributed by atoms with Crippen molar-refractivity contribution >= 4 is 11.8 Å². The van der Waals surface area contributed by atoms with Gasteiger partial charge in [-0.1, -0.05) is 6.92 Å². The van der Waals surface area contributed by atoms with Gasteiger partial charge in [-0.05, 0) is 24.5 Å². The van der Waals surface area contributed by atoms with Crippen LogP contribution in [0.1, 0.15) is 13.3 Å². The normalized spacial score (nSPS) is 24.0. The lowest BCUT2D eigenvalue weighted by Crippen LogP contribution is -2.49. The minimum absolute atomic E-state index is 0.454. The Hall–Kier alpha value is 0.230. The van der Waals surface area contributed by atoms with Crippen LogP contribution in [0.25, 0.3) is 0 Å². The Kier molecular flexibility index (Phi) is 6.60. The maximum Gasteiger partial charge on any atom is 0.0634 e. The monoisotopic (exact) mass is 218 g/mol. The molecule has 14 heavy (non-hydrogen) atoms. The molecule has 84 valence electrons. The Balaban J connectivity index is 2.13. The molecule has 2 N–H and O–H groups in total. The molecular formula is C10H22N2OS. The Morgan fingerprint density at radius 2 is 2.43 bits per heavy atom. The lowest BCUT2D eigenvalue weighted by atomic mass is 10.2. The molecule has 0 aromatic rings. The number of nitrogens with two attached hydrogens (primary N) is 1. The Labute approximate surface area is 91.4 Å². The molecule has 1 unspecified atom stereocenters. The molecular weight excluding hydrogens is 196 g/mol. The average molecular weight is 218 g/mol. The third kappa shape index (κ3) is 4.17. The summed E-state index contributed by atoms with van der Waals surface area (Å²) >= 11 is 2.02. The molecule has 0 saturated carbocycles. The van der Waals surface area contributed by atoms with E-state index in [0.717, 1.165) is 26.3 Å². The third-order valence-electron chi connectivity index (χ3n) is 2.56. The summed E-state index contributed by atoms with van der Waals surface area (Å²) in [4.78, 5) is 2.47. The number of hydrogen-bond acceptors (Lipinski definition) is 4. The number of ether oxygens (including phenoxy) is 1. The first-order valence-electron chi connectivity index (χ1n) is 5.48. The van der Waals surface area contributed by atoms with Gasteiger partial charge >= 0.3 is 0 Å². The second-order valence-electron chi connectivity index (χ2n) is 3.55. The lowest BCUT2D eigenvalue weighted by Gasteiger charge is -2.34. The van der Waals surface area contributed by atoms with Gasteiger partial charge in [0, 0.05) is 19.1 Å². The quantitative estimate of drug-likeness (QED) is 0.669. The van der Waals surface area contributed by atoms with Crippen LogP contribution in [0.4, 0.5) is 0 Å². The highest BCUT2D eigenvalue weighted by Gasteiger charge is 2.20. The fourth-order valence-electron chi connectivity index (χ4n) is 1.71. The van der Waals surface area contributed by atoms with E-state index in [1.807, 2.05) is 11.8 Å². The van der Waals surface area contributed by atoms with Gasteiger partial charge < -0.3 is 10.5 Å². The van der Waals surface area contributed by atoms with E-state index in [0.29, 0.717) is 6.04 Å². The topological polar surface area (TPSA) is 38.5 Å². The molecule has 0 aromatic heterocycles. The predicted molar refractivity (Wildman–Crippen MR) is 62.9 cm³/mol. The molecule has 1 fully saturated rings. The molecule has 1 heterocycles. The Bertz CT molecular complexity index is 146. The highest BCUT2D eigenvalue weighted by Crippen LogP contribution is 2.08. The first-order chi connectivity index (χ1) is 6.88. The van der Waals surface area contributed by atoms with Gasteiger partial charge in [0.1, 0.15) is 0 Å². The number of morpholine rings is 1. The van der Waals surface area contributed by atoms with Gasteiger partial charge in [0.05, 0.1) is 13.2 Å². The maximum atomic E-state index is 5.70. The van der Waals surface area contributed by atoms with Gasteiger partial charge in [0.15, 0.2) is 0 Å². The van der Waals surface area contributed by atoms with Crippen LogP contribution in [0.15, 0.2) is 0 Å². The van der Waals surface area contributed by atoms with E-state index in [9.17, 15) is 0 Å². The van der Waals surface area contributed by atoms with Gasteiger partial charge in [-0.3, -0.25) is 4.90 Å². The van der Waals surface area contributed by atoms with Crippen molar-refractivity contribution in [3.63, 3.8) is 0 Å². The molecule has 0 aromatic carbocycles. The molecule has 0 radical (unpaired) electrons. The maximum absolute atomic E-state index is 5.70. The van der Waals surface area contributed by atoms with Crippen LogP contribution in [0.2, 0.25) is 0 Å².